The van der Waals surface area contributed by atoms with Crippen LogP contribution >= 0.6 is 0 Å². The molecule has 2 N–H and O–H groups in total. The smallest absolute Gasteiger partial charge is 0.125 e. The van der Waals surface area contributed by atoms with Gasteiger partial charge in [0.15, 0.2) is 0 Å². The molecule has 1 rings (SSSR count). The quantitative estimate of drug-likeness (QED) is 0.411. The van der Waals surface area contributed by atoms with Crippen LogP contribution in [0.1, 0.15) is 11.1 Å². The average molecular weight is 174 g/mol. The molecular formula is C11H14N2. The molecule has 0 fully saturated rings. The van der Waals surface area contributed by atoms with Gasteiger partial charge in [0.2, 0.25) is 0 Å². The van der Waals surface area contributed by atoms with Crippen LogP contribution in [0, 0.1) is 12.3 Å². The van der Waals surface area contributed by atoms with Crippen molar-refractivity contribution in [2.24, 2.45) is 0 Å². The van der Waals surface area contributed by atoms with Gasteiger partial charge in [0, 0.05) is 12.1 Å². The number of hydrogen-bond acceptors (Lipinski definition) is 1. The lowest BCUT2D eigenvalue weighted by Crippen LogP contribution is -2.23. The Morgan fingerprint density at radius 3 is 2.62 bits per heavy atom. The van der Waals surface area contributed by atoms with E-state index in [1.807, 2.05) is 31.2 Å². The summed E-state index contributed by atoms with van der Waals surface area (Å²) in [6, 6.07) is 7.88. The molecular weight excluding hydrogens is 160 g/mol. The van der Waals surface area contributed by atoms with Crippen LogP contribution < -0.4 is 5.32 Å². The summed E-state index contributed by atoms with van der Waals surface area (Å²) in [5.41, 5.74) is 2.12. The maximum absolute atomic E-state index is 7.64. The van der Waals surface area contributed by atoms with E-state index in [1.165, 1.54) is 5.56 Å². The highest BCUT2D eigenvalue weighted by molar-refractivity contribution is 5.96. The molecule has 0 atom stereocenters. The molecule has 68 valence electrons. The first kappa shape index (κ1) is 9.52. The first-order valence-corrected chi connectivity index (χ1v) is 4.24. The van der Waals surface area contributed by atoms with Gasteiger partial charge in [-0.15, -0.1) is 6.58 Å². The van der Waals surface area contributed by atoms with Crippen LogP contribution in [-0.2, 0) is 0 Å². The summed E-state index contributed by atoms with van der Waals surface area (Å²) in [6.07, 6.45) is 1.74. The van der Waals surface area contributed by atoms with Gasteiger partial charge in [-0.2, -0.15) is 0 Å². The van der Waals surface area contributed by atoms with Gasteiger partial charge in [0.25, 0.3) is 0 Å². The molecule has 0 aromatic heterocycles. The van der Waals surface area contributed by atoms with Gasteiger partial charge in [-0.05, 0) is 6.92 Å². The summed E-state index contributed by atoms with van der Waals surface area (Å²) >= 11 is 0. The van der Waals surface area contributed by atoms with Crippen LogP contribution in [0.3, 0.4) is 0 Å². The molecule has 0 aliphatic heterocycles. The fourth-order valence-electron chi connectivity index (χ4n) is 0.997. The Hall–Kier alpha value is -1.57. The number of nitrogens with one attached hydrogen (secondary N) is 2. The molecule has 2 nitrogen and oxygen atoms in total. The fraction of sp³-hybridized carbons (Fsp3) is 0.182. The minimum absolute atomic E-state index is 0.444. The van der Waals surface area contributed by atoms with Crippen molar-refractivity contribution >= 4 is 5.84 Å². The predicted octanol–water partition coefficient (Wildman–Crippen LogP) is 2.10. The van der Waals surface area contributed by atoms with Gasteiger partial charge in [-0.1, -0.05) is 35.9 Å². The Labute approximate surface area is 78.8 Å². The van der Waals surface area contributed by atoms with Gasteiger partial charge in [-0.3, -0.25) is 5.41 Å². The average Bonchev–Trinajstić information content (AvgIpc) is 2.15. The van der Waals surface area contributed by atoms with Crippen molar-refractivity contribution in [3.63, 3.8) is 0 Å². The SMILES string of the molecule is C=CCNC(=N)c1ccc(C)cc1. The van der Waals surface area contributed by atoms with Crippen LogP contribution in [0.15, 0.2) is 36.9 Å². The standard InChI is InChI=1S/C11H14N2/c1-3-8-13-11(12)10-6-4-9(2)5-7-10/h3-7H,1,8H2,2H3,(H2,12,13). The molecule has 0 bridgehead atoms. The van der Waals surface area contributed by atoms with Crippen molar-refractivity contribution in [1.82, 2.24) is 5.32 Å². The van der Waals surface area contributed by atoms with Crippen LogP contribution in [0.25, 0.3) is 0 Å². The molecule has 0 aliphatic rings. The van der Waals surface area contributed by atoms with E-state index in [9.17, 15) is 0 Å². The molecule has 1 aromatic rings. The lowest BCUT2D eigenvalue weighted by Gasteiger charge is -2.05. The van der Waals surface area contributed by atoms with Crippen molar-refractivity contribution in [2.45, 2.75) is 6.92 Å². The zero-order chi connectivity index (χ0) is 9.68. The molecule has 0 saturated heterocycles. The number of amidine groups is 1. The van der Waals surface area contributed by atoms with E-state index >= 15 is 0 Å². The Bertz CT molecular complexity index is 298. The van der Waals surface area contributed by atoms with Gasteiger partial charge < -0.3 is 5.32 Å². The summed E-state index contributed by atoms with van der Waals surface area (Å²) in [6.45, 7) is 6.25. The van der Waals surface area contributed by atoms with Crippen LogP contribution in [0.4, 0.5) is 0 Å². The summed E-state index contributed by atoms with van der Waals surface area (Å²) in [4.78, 5) is 0. The summed E-state index contributed by atoms with van der Waals surface area (Å²) in [5.74, 6) is 0.444. The molecule has 1 aromatic carbocycles. The number of rotatable bonds is 3. The van der Waals surface area contributed by atoms with Crippen LogP contribution in [0.5, 0.6) is 0 Å². The highest BCUT2D eigenvalue weighted by Crippen LogP contribution is 2.02. The third-order valence-corrected chi connectivity index (χ3v) is 1.76. The van der Waals surface area contributed by atoms with Crippen molar-refractivity contribution in [2.75, 3.05) is 6.54 Å². The first-order valence-electron chi connectivity index (χ1n) is 4.24. The van der Waals surface area contributed by atoms with E-state index in [4.69, 9.17) is 5.41 Å². The van der Waals surface area contributed by atoms with Crippen molar-refractivity contribution in [3.8, 4) is 0 Å². The summed E-state index contributed by atoms with van der Waals surface area (Å²) < 4.78 is 0. The Kier molecular flexibility index (Phi) is 3.26. The molecule has 0 spiro atoms. The summed E-state index contributed by atoms with van der Waals surface area (Å²) in [5, 5.41) is 10.6. The zero-order valence-corrected chi connectivity index (χ0v) is 7.80. The highest BCUT2D eigenvalue weighted by Gasteiger charge is 1.97. The second-order valence-corrected chi connectivity index (χ2v) is 2.91. The first-order chi connectivity index (χ1) is 6.24. The van der Waals surface area contributed by atoms with E-state index in [0.717, 1.165) is 5.56 Å². The molecule has 0 aliphatic carbocycles. The topological polar surface area (TPSA) is 35.9 Å². The van der Waals surface area contributed by atoms with E-state index in [1.54, 1.807) is 6.08 Å². The summed E-state index contributed by atoms with van der Waals surface area (Å²) in [7, 11) is 0. The Balaban J connectivity index is 2.66. The van der Waals surface area contributed by atoms with Gasteiger partial charge >= 0.3 is 0 Å². The minimum atomic E-state index is 0.444. The zero-order valence-electron chi connectivity index (χ0n) is 7.80. The molecule has 2 heteroatoms. The van der Waals surface area contributed by atoms with Gasteiger partial charge in [-0.25, -0.2) is 0 Å². The van der Waals surface area contributed by atoms with Crippen molar-refractivity contribution in [1.29, 1.82) is 5.41 Å². The second-order valence-electron chi connectivity index (χ2n) is 2.91. The van der Waals surface area contributed by atoms with Crippen LogP contribution in [0.2, 0.25) is 0 Å². The Morgan fingerprint density at radius 1 is 1.46 bits per heavy atom. The van der Waals surface area contributed by atoms with E-state index in [2.05, 4.69) is 11.9 Å². The molecule has 0 unspecified atom stereocenters. The Morgan fingerprint density at radius 2 is 2.08 bits per heavy atom. The van der Waals surface area contributed by atoms with E-state index in [0.29, 0.717) is 12.4 Å². The lowest BCUT2D eigenvalue weighted by atomic mass is 10.1. The maximum Gasteiger partial charge on any atom is 0.125 e. The minimum Gasteiger partial charge on any atom is -0.367 e. The number of aryl methyl sites for hydroxylation is 1. The van der Waals surface area contributed by atoms with E-state index in [-0.39, 0.29) is 0 Å². The maximum atomic E-state index is 7.64. The normalized spacial score (nSPS) is 9.31. The lowest BCUT2D eigenvalue weighted by molar-refractivity contribution is 1.03. The molecule has 13 heavy (non-hydrogen) atoms. The number of hydrogen-bond donors (Lipinski definition) is 2. The molecule has 0 amide bonds. The van der Waals surface area contributed by atoms with Gasteiger partial charge in [0.05, 0.1) is 0 Å². The highest BCUT2D eigenvalue weighted by atomic mass is 14.9. The molecule has 0 heterocycles. The third-order valence-electron chi connectivity index (χ3n) is 1.76. The second kappa shape index (κ2) is 4.45. The number of benzene rings is 1. The van der Waals surface area contributed by atoms with E-state index < -0.39 is 0 Å². The monoisotopic (exact) mass is 174 g/mol. The molecule has 0 radical (unpaired) electrons. The van der Waals surface area contributed by atoms with Crippen LogP contribution in [-0.4, -0.2) is 12.4 Å². The largest absolute Gasteiger partial charge is 0.367 e. The third kappa shape index (κ3) is 2.75. The molecule has 0 saturated carbocycles. The fourth-order valence-corrected chi connectivity index (χ4v) is 0.997. The predicted molar refractivity (Wildman–Crippen MR) is 56.2 cm³/mol. The van der Waals surface area contributed by atoms with Crippen molar-refractivity contribution < 1.29 is 0 Å². The van der Waals surface area contributed by atoms with Gasteiger partial charge in [0.1, 0.15) is 5.84 Å². The van der Waals surface area contributed by atoms with Crippen molar-refractivity contribution in [3.05, 3.63) is 48.0 Å².